The highest BCUT2D eigenvalue weighted by Gasteiger charge is 2.25. The Morgan fingerprint density at radius 3 is 2.76 bits per heavy atom. The normalized spacial score (nSPS) is 13.2. The first-order chi connectivity index (χ1) is 10.1. The van der Waals surface area contributed by atoms with Gasteiger partial charge in [-0.1, -0.05) is 0 Å². The molecular weight excluding hydrogens is 286 g/mol. The van der Waals surface area contributed by atoms with E-state index in [4.69, 9.17) is 13.9 Å². The Morgan fingerprint density at radius 2 is 1.95 bits per heavy atom. The molecule has 0 amide bonds. The lowest BCUT2D eigenvalue weighted by atomic mass is 10.1. The Kier molecular flexibility index (Phi) is 2.19. The Bertz CT molecular complexity index is 977. The predicted octanol–water partition coefficient (Wildman–Crippen LogP) is 2.66. The molecule has 1 aromatic heterocycles. The van der Waals surface area contributed by atoms with E-state index in [1.165, 1.54) is 12.1 Å². The molecule has 0 aliphatic carbocycles. The molecule has 0 spiro atoms. The third-order valence-corrected chi connectivity index (χ3v) is 3.36. The summed E-state index contributed by atoms with van der Waals surface area (Å²) in [5, 5.41) is 9.15. The SMILES string of the molecule is O=c1oc2c(F)c(O)cc(F)c2c2c3c(ccc12)OCO3. The van der Waals surface area contributed by atoms with Gasteiger partial charge in [-0.2, -0.15) is 4.39 Å². The van der Waals surface area contributed by atoms with Crippen LogP contribution in [0.4, 0.5) is 8.78 Å². The Labute approximate surface area is 114 Å². The van der Waals surface area contributed by atoms with Crippen LogP contribution in [0, 0.1) is 11.6 Å². The topological polar surface area (TPSA) is 68.9 Å². The van der Waals surface area contributed by atoms with E-state index in [0.717, 1.165) is 0 Å². The molecule has 106 valence electrons. The van der Waals surface area contributed by atoms with Crippen LogP contribution in [0.25, 0.3) is 21.7 Å². The van der Waals surface area contributed by atoms with Crippen molar-refractivity contribution in [1.29, 1.82) is 0 Å². The maximum absolute atomic E-state index is 14.2. The second-order valence-corrected chi connectivity index (χ2v) is 4.51. The van der Waals surface area contributed by atoms with Gasteiger partial charge in [-0.05, 0) is 12.1 Å². The van der Waals surface area contributed by atoms with Gasteiger partial charge < -0.3 is 19.0 Å². The number of halogens is 2. The highest BCUT2D eigenvalue weighted by Crippen LogP contribution is 2.43. The third-order valence-electron chi connectivity index (χ3n) is 3.36. The maximum atomic E-state index is 14.2. The van der Waals surface area contributed by atoms with Crippen molar-refractivity contribution >= 4 is 21.7 Å². The van der Waals surface area contributed by atoms with Crippen molar-refractivity contribution < 1.29 is 27.8 Å². The molecular formula is C14H6F2O5. The number of phenols is 1. The standard InChI is InChI=1S/C14H6F2O5/c15-6-3-7(17)11(16)13-10(6)9-5(14(18)21-13)1-2-8-12(9)20-4-19-8/h1-3,17H,4H2. The molecule has 0 fully saturated rings. The van der Waals surface area contributed by atoms with E-state index in [1.807, 2.05) is 0 Å². The van der Waals surface area contributed by atoms with E-state index < -0.39 is 28.6 Å². The highest BCUT2D eigenvalue weighted by atomic mass is 19.1. The van der Waals surface area contributed by atoms with Gasteiger partial charge >= 0.3 is 5.63 Å². The van der Waals surface area contributed by atoms with Crippen molar-refractivity contribution in [3.8, 4) is 17.2 Å². The molecule has 5 nitrogen and oxygen atoms in total. The minimum absolute atomic E-state index is 0.0377. The number of rotatable bonds is 0. The molecule has 1 aliphatic rings. The monoisotopic (exact) mass is 292 g/mol. The molecule has 0 radical (unpaired) electrons. The summed E-state index contributed by atoms with van der Waals surface area (Å²) in [5.41, 5.74) is -1.52. The third kappa shape index (κ3) is 1.45. The number of phenolic OH excluding ortho intramolecular Hbond substituents is 1. The van der Waals surface area contributed by atoms with Crippen LogP contribution in [0.3, 0.4) is 0 Å². The minimum atomic E-state index is -1.21. The number of fused-ring (bicyclic) bond motifs is 5. The average Bonchev–Trinajstić information content (AvgIpc) is 2.93. The number of hydrogen-bond donors (Lipinski definition) is 1. The van der Waals surface area contributed by atoms with Crippen molar-refractivity contribution in [2.24, 2.45) is 0 Å². The molecule has 2 heterocycles. The highest BCUT2D eigenvalue weighted by molar-refractivity contribution is 6.09. The molecule has 0 unspecified atom stereocenters. The first-order valence-electron chi connectivity index (χ1n) is 5.94. The zero-order valence-corrected chi connectivity index (χ0v) is 10.3. The van der Waals surface area contributed by atoms with Crippen molar-refractivity contribution in [2.75, 3.05) is 6.79 Å². The summed E-state index contributed by atoms with van der Waals surface area (Å²) in [6, 6.07) is 3.49. The van der Waals surface area contributed by atoms with Crippen LogP contribution in [-0.2, 0) is 0 Å². The molecule has 0 atom stereocenters. The quantitative estimate of drug-likeness (QED) is 0.509. The van der Waals surface area contributed by atoms with Gasteiger partial charge in [-0.25, -0.2) is 9.18 Å². The van der Waals surface area contributed by atoms with E-state index in [-0.39, 0.29) is 28.7 Å². The van der Waals surface area contributed by atoms with Crippen LogP contribution >= 0.6 is 0 Å². The molecule has 7 heteroatoms. The van der Waals surface area contributed by atoms with Crippen LogP contribution in [0.5, 0.6) is 17.2 Å². The van der Waals surface area contributed by atoms with E-state index in [2.05, 4.69) is 0 Å². The van der Waals surface area contributed by atoms with Crippen LogP contribution < -0.4 is 15.1 Å². The van der Waals surface area contributed by atoms with Gasteiger partial charge in [-0.3, -0.25) is 0 Å². The second-order valence-electron chi connectivity index (χ2n) is 4.51. The number of ether oxygens (including phenoxy) is 2. The lowest BCUT2D eigenvalue weighted by Crippen LogP contribution is -2.02. The Balaban J connectivity index is 2.37. The van der Waals surface area contributed by atoms with Gasteiger partial charge in [0, 0.05) is 11.5 Å². The molecule has 21 heavy (non-hydrogen) atoms. The van der Waals surface area contributed by atoms with Crippen molar-refractivity contribution in [1.82, 2.24) is 0 Å². The van der Waals surface area contributed by atoms with Crippen molar-refractivity contribution in [3.05, 3.63) is 40.3 Å². The zero-order valence-electron chi connectivity index (χ0n) is 10.3. The van der Waals surface area contributed by atoms with Crippen LogP contribution in [-0.4, -0.2) is 11.9 Å². The fraction of sp³-hybridized carbons (Fsp3) is 0.0714. The van der Waals surface area contributed by atoms with E-state index in [9.17, 15) is 18.7 Å². The summed E-state index contributed by atoms with van der Waals surface area (Å²) in [5.74, 6) is -2.60. The molecule has 0 bridgehead atoms. The predicted molar refractivity (Wildman–Crippen MR) is 67.7 cm³/mol. The van der Waals surface area contributed by atoms with Crippen molar-refractivity contribution in [3.63, 3.8) is 0 Å². The zero-order chi connectivity index (χ0) is 14.7. The van der Waals surface area contributed by atoms with Gasteiger partial charge in [0.15, 0.2) is 22.8 Å². The largest absolute Gasteiger partial charge is 0.505 e. The van der Waals surface area contributed by atoms with Gasteiger partial charge in [0.1, 0.15) is 5.82 Å². The summed E-state index contributed by atoms with van der Waals surface area (Å²) in [6.45, 7) is -0.0850. The first-order valence-corrected chi connectivity index (χ1v) is 5.94. The number of benzene rings is 2. The van der Waals surface area contributed by atoms with Crippen LogP contribution in [0.15, 0.2) is 27.4 Å². The van der Waals surface area contributed by atoms with Gasteiger partial charge in [0.25, 0.3) is 0 Å². The molecule has 1 N–H and O–H groups in total. The molecule has 0 saturated heterocycles. The number of aromatic hydroxyl groups is 1. The smallest absolute Gasteiger partial charge is 0.344 e. The van der Waals surface area contributed by atoms with Gasteiger partial charge in [0.05, 0.1) is 10.8 Å². The van der Waals surface area contributed by atoms with Gasteiger partial charge in [0.2, 0.25) is 12.6 Å². The molecule has 1 aliphatic heterocycles. The molecule has 4 rings (SSSR count). The summed E-state index contributed by atoms with van der Waals surface area (Å²) in [7, 11) is 0. The van der Waals surface area contributed by atoms with E-state index in [0.29, 0.717) is 11.8 Å². The molecule has 0 saturated carbocycles. The Hall–Kier alpha value is -2.83. The van der Waals surface area contributed by atoms with Gasteiger partial charge in [-0.15, -0.1) is 0 Å². The minimum Gasteiger partial charge on any atom is -0.505 e. The molecule has 2 aromatic carbocycles. The summed E-state index contributed by atoms with van der Waals surface area (Å²) < 4.78 is 43.3. The number of hydrogen-bond acceptors (Lipinski definition) is 5. The summed E-state index contributed by atoms with van der Waals surface area (Å²) in [4.78, 5) is 11.9. The van der Waals surface area contributed by atoms with Crippen LogP contribution in [0.2, 0.25) is 0 Å². The lowest BCUT2D eigenvalue weighted by molar-refractivity contribution is 0.175. The fourth-order valence-electron chi connectivity index (χ4n) is 2.46. The summed E-state index contributed by atoms with van der Waals surface area (Å²) in [6.07, 6.45) is 0. The van der Waals surface area contributed by atoms with E-state index >= 15 is 0 Å². The summed E-state index contributed by atoms with van der Waals surface area (Å²) >= 11 is 0. The van der Waals surface area contributed by atoms with Crippen molar-refractivity contribution in [2.45, 2.75) is 0 Å². The van der Waals surface area contributed by atoms with E-state index in [1.54, 1.807) is 0 Å². The second kappa shape index (κ2) is 3.85. The fourth-order valence-corrected chi connectivity index (χ4v) is 2.46. The lowest BCUT2D eigenvalue weighted by Gasteiger charge is -2.08. The maximum Gasteiger partial charge on any atom is 0.344 e. The molecule has 3 aromatic rings. The average molecular weight is 292 g/mol. The first kappa shape index (κ1) is 12.0. The Morgan fingerprint density at radius 1 is 1.14 bits per heavy atom. The van der Waals surface area contributed by atoms with Crippen LogP contribution in [0.1, 0.15) is 0 Å².